The van der Waals surface area contributed by atoms with Gasteiger partial charge in [-0.05, 0) is 37.6 Å². The van der Waals surface area contributed by atoms with Crippen molar-refractivity contribution >= 4 is 20.9 Å². The van der Waals surface area contributed by atoms with Gasteiger partial charge in [-0.1, -0.05) is 35.9 Å². The molecule has 1 aliphatic heterocycles. The Morgan fingerprint density at radius 2 is 1.81 bits per heavy atom. The molecule has 1 fully saturated rings. The molecule has 0 bridgehead atoms. The van der Waals surface area contributed by atoms with Crippen molar-refractivity contribution in [2.45, 2.75) is 24.8 Å². The number of benzene rings is 2. The van der Waals surface area contributed by atoms with E-state index in [2.05, 4.69) is 4.98 Å². The van der Waals surface area contributed by atoms with Crippen molar-refractivity contribution < 1.29 is 13.2 Å². The molecule has 0 unspecified atom stereocenters. The van der Waals surface area contributed by atoms with E-state index in [0.717, 1.165) is 22.0 Å². The van der Waals surface area contributed by atoms with Gasteiger partial charge in [-0.2, -0.15) is 4.31 Å². The molecule has 2 aromatic carbocycles. The average Bonchev–Trinajstić information content (AvgIpc) is 2.57. The number of pyridine rings is 1. The summed E-state index contributed by atoms with van der Waals surface area (Å²) in [5, 5.41) is 1.05. The fraction of sp³-hybridized carbons (Fsp3) is 0.250. The fourth-order valence-corrected chi connectivity index (χ4v) is 4.89. The van der Waals surface area contributed by atoms with E-state index in [-0.39, 0.29) is 6.10 Å². The molecule has 0 spiro atoms. The Morgan fingerprint density at radius 1 is 1.04 bits per heavy atom. The Labute approximate surface area is 153 Å². The minimum Gasteiger partial charge on any atom is -0.472 e. The van der Waals surface area contributed by atoms with E-state index in [4.69, 9.17) is 4.74 Å². The van der Waals surface area contributed by atoms with E-state index in [0.29, 0.717) is 23.9 Å². The zero-order chi connectivity index (χ0) is 18.3. The molecule has 0 atom stereocenters. The van der Waals surface area contributed by atoms with Crippen LogP contribution in [0.25, 0.3) is 10.9 Å². The van der Waals surface area contributed by atoms with Gasteiger partial charge in [0.15, 0.2) is 0 Å². The van der Waals surface area contributed by atoms with Crippen molar-refractivity contribution in [1.82, 2.24) is 9.29 Å². The molecule has 4 rings (SSSR count). The number of aryl methyl sites for hydroxylation is 2. The maximum atomic E-state index is 12.8. The minimum atomic E-state index is -3.48. The van der Waals surface area contributed by atoms with Crippen LogP contribution in [0, 0.1) is 13.8 Å². The summed E-state index contributed by atoms with van der Waals surface area (Å²) in [6, 6.07) is 17.0. The number of sulfonamides is 1. The highest BCUT2D eigenvalue weighted by Gasteiger charge is 2.38. The molecule has 3 aromatic rings. The quantitative estimate of drug-likeness (QED) is 0.709. The summed E-state index contributed by atoms with van der Waals surface area (Å²) in [5.74, 6) is 0.525. The Hall–Kier alpha value is -2.44. The van der Waals surface area contributed by atoms with Crippen molar-refractivity contribution in [3.05, 3.63) is 65.7 Å². The van der Waals surface area contributed by atoms with Crippen LogP contribution in [-0.2, 0) is 10.0 Å². The molecule has 2 heterocycles. The summed E-state index contributed by atoms with van der Waals surface area (Å²) in [7, 11) is -3.48. The van der Waals surface area contributed by atoms with Crippen molar-refractivity contribution in [3.8, 4) is 5.88 Å². The molecule has 5 nitrogen and oxygen atoms in total. The largest absolute Gasteiger partial charge is 0.472 e. The molecular formula is C20H20N2O3S. The molecule has 0 aliphatic carbocycles. The SMILES string of the molecule is Cc1ccc(S(=O)(=O)N2CC(Oc3ccc4ccccc4n3)C2)c(C)c1. The van der Waals surface area contributed by atoms with Crippen LogP contribution in [0.4, 0.5) is 0 Å². The third kappa shape index (κ3) is 3.06. The van der Waals surface area contributed by atoms with Gasteiger partial charge in [-0.15, -0.1) is 0 Å². The second kappa shape index (κ2) is 6.37. The second-order valence-corrected chi connectivity index (χ2v) is 8.58. The highest BCUT2D eigenvalue weighted by atomic mass is 32.2. The molecule has 0 saturated carbocycles. The number of fused-ring (bicyclic) bond motifs is 1. The standard InChI is InChI=1S/C20H20N2O3S/c1-14-7-9-19(15(2)11-14)26(23,24)22-12-17(13-22)25-20-10-8-16-5-3-4-6-18(16)21-20/h3-11,17H,12-13H2,1-2H3. The van der Waals surface area contributed by atoms with E-state index in [1.807, 2.05) is 62.4 Å². The van der Waals surface area contributed by atoms with Crippen LogP contribution in [0.2, 0.25) is 0 Å². The van der Waals surface area contributed by atoms with Gasteiger partial charge in [0.1, 0.15) is 6.10 Å². The van der Waals surface area contributed by atoms with E-state index in [1.165, 1.54) is 4.31 Å². The van der Waals surface area contributed by atoms with E-state index < -0.39 is 10.0 Å². The van der Waals surface area contributed by atoms with Gasteiger partial charge in [0.05, 0.1) is 23.5 Å². The molecule has 1 aliphatic rings. The molecule has 0 radical (unpaired) electrons. The number of aromatic nitrogens is 1. The molecule has 0 amide bonds. The number of para-hydroxylation sites is 1. The Bertz CT molecular complexity index is 1070. The van der Waals surface area contributed by atoms with Crippen LogP contribution < -0.4 is 4.74 Å². The zero-order valence-corrected chi connectivity index (χ0v) is 15.5. The lowest BCUT2D eigenvalue weighted by Crippen LogP contribution is -2.56. The predicted molar refractivity (Wildman–Crippen MR) is 101 cm³/mol. The van der Waals surface area contributed by atoms with Crippen LogP contribution in [0.3, 0.4) is 0 Å². The molecule has 26 heavy (non-hydrogen) atoms. The zero-order valence-electron chi connectivity index (χ0n) is 14.7. The third-order valence-corrected chi connectivity index (χ3v) is 6.61. The van der Waals surface area contributed by atoms with Gasteiger partial charge < -0.3 is 4.74 Å². The summed E-state index contributed by atoms with van der Waals surface area (Å²) in [6.07, 6.45) is -0.177. The van der Waals surface area contributed by atoms with Gasteiger partial charge in [-0.3, -0.25) is 0 Å². The molecule has 1 saturated heterocycles. The van der Waals surface area contributed by atoms with Crippen LogP contribution in [0.1, 0.15) is 11.1 Å². The summed E-state index contributed by atoms with van der Waals surface area (Å²) < 4.78 is 32.9. The maximum absolute atomic E-state index is 12.8. The van der Waals surface area contributed by atoms with Crippen LogP contribution in [0.15, 0.2) is 59.5 Å². The first-order valence-corrected chi connectivity index (χ1v) is 9.97. The second-order valence-electron chi connectivity index (χ2n) is 6.67. The lowest BCUT2D eigenvalue weighted by Gasteiger charge is -2.37. The summed E-state index contributed by atoms with van der Waals surface area (Å²) >= 11 is 0. The number of nitrogens with zero attached hydrogens (tertiary/aromatic N) is 2. The highest BCUT2D eigenvalue weighted by molar-refractivity contribution is 7.89. The minimum absolute atomic E-state index is 0.177. The monoisotopic (exact) mass is 368 g/mol. The Morgan fingerprint density at radius 3 is 2.58 bits per heavy atom. The fourth-order valence-electron chi connectivity index (χ4n) is 3.18. The number of rotatable bonds is 4. The first kappa shape index (κ1) is 17.0. The molecule has 6 heteroatoms. The maximum Gasteiger partial charge on any atom is 0.243 e. The summed E-state index contributed by atoms with van der Waals surface area (Å²) in [6.45, 7) is 4.45. The lowest BCUT2D eigenvalue weighted by atomic mass is 10.2. The molecule has 1 aromatic heterocycles. The van der Waals surface area contributed by atoms with E-state index in [1.54, 1.807) is 6.07 Å². The van der Waals surface area contributed by atoms with E-state index in [9.17, 15) is 8.42 Å². The highest BCUT2D eigenvalue weighted by Crippen LogP contribution is 2.27. The van der Waals surface area contributed by atoms with E-state index >= 15 is 0 Å². The van der Waals surface area contributed by atoms with Gasteiger partial charge in [-0.25, -0.2) is 13.4 Å². The number of ether oxygens (including phenoxy) is 1. The van der Waals surface area contributed by atoms with Gasteiger partial charge in [0, 0.05) is 11.5 Å². The lowest BCUT2D eigenvalue weighted by molar-refractivity contribution is 0.0724. The van der Waals surface area contributed by atoms with Crippen molar-refractivity contribution in [2.75, 3.05) is 13.1 Å². The van der Waals surface area contributed by atoms with Crippen molar-refractivity contribution in [2.24, 2.45) is 0 Å². The first-order chi connectivity index (χ1) is 12.4. The topological polar surface area (TPSA) is 59.5 Å². The van der Waals surface area contributed by atoms with Crippen LogP contribution in [-0.4, -0.2) is 36.9 Å². The van der Waals surface area contributed by atoms with Crippen molar-refractivity contribution in [3.63, 3.8) is 0 Å². The molecule has 134 valence electrons. The first-order valence-electron chi connectivity index (χ1n) is 8.53. The molecular weight excluding hydrogens is 348 g/mol. The van der Waals surface area contributed by atoms with Crippen LogP contribution >= 0.6 is 0 Å². The summed E-state index contributed by atoms with van der Waals surface area (Å²) in [4.78, 5) is 4.84. The predicted octanol–water partition coefficient (Wildman–Crippen LogP) is 3.30. The molecule has 0 N–H and O–H groups in total. The third-order valence-electron chi connectivity index (χ3n) is 4.62. The number of hydrogen-bond donors (Lipinski definition) is 0. The van der Waals surface area contributed by atoms with Gasteiger partial charge in [0.2, 0.25) is 15.9 Å². The Balaban J connectivity index is 1.45. The number of hydrogen-bond acceptors (Lipinski definition) is 4. The van der Waals surface area contributed by atoms with Crippen LogP contribution in [0.5, 0.6) is 5.88 Å². The summed E-state index contributed by atoms with van der Waals surface area (Å²) in [5.41, 5.74) is 2.68. The Kier molecular flexibility index (Phi) is 4.17. The normalized spacial score (nSPS) is 15.8. The van der Waals surface area contributed by atoms with Crippen molar-refractivity contribution in [1.29, 1.82) is 0 Å². The average molecular weight is 368 g/mol. The van der Waals surface area contributed by atoms with Gasteiger partial charge >= 0.3 is 0 Å². The van der Waals surface area contributed by atoms with Gasteiger partial charge in [0.25, 0.3) is 0 Å². The smallest absolute Gasteiger partial charge is 0.243 e.